The third-order valence-corrected chi connectivity index (χ3v) is 2.76. The SMILES string of the molecule is Nc1c(-c2ccc(C(F)(F)F)cn2)nc2cccnn12. The summed E-state index contributed by atoms with van der Waals surface area (Å²) in [5, 5.41) is 4.01. The molecule has 0 radical (unpaired) electrons. The molecule has 0 unspecified atom stereocenters. The van der Waals surface area contributed by atoms with Crippen LogP contribution >= 0.6 is 0 Å². The first-order chi connectivity index (χ1) is 9.47. The van der Waals surface area contributed by atoms with Crippen molar-refractivity contribution in [1.82, 2.24) is 19.6 Å². The van der Waals surface area contributed by atoms with Crippen LogP contribution in [0.5, 0.6) is 0 Å². The first kappa shape index (κ1) is 12.4. The number of aromatic nitrogens is 4. The van der Waals surface area contributed by atoms with Crippen molar-refractivity contribution in [3.63, 3.8) is 0 Å². The van der Waals surface area contributed by atoms with Crippen molar-refractivity contribution in [3.05, 3.63) is 42.2 Å². The number of anilines is 1. The Labute approximate surface area is 110 Å². The number of alkyl halides is 3. The lowest BCUT2D eigenvalue weighted by Gasteiger charge is -2.06. The number of nitrogen functional groups attached to an aromatic ring is 1. The Bertz CT molecular complexity index is 761. The van der Waals surface area contributed by atoms with Gasteiger partial charge in [0.15, 0.2) is 11.5 Å². The Kier molecular flexibility index (Phi) is 2.60. The van der Waals surface area contributed by atoms with Crippen molar-refractivity contribution < 1.29 is 13.2 Å². The van der Waals surface area contributed by atoms with Crippen LogP contribution in [0, 0.1) is 0 Å². The summed E-state index contributed by atoms with van der Waals surface area (Å²) in [6.07, 6.45) is -2.13. The largest absolute Gasteiger partial charge is 0.417 e. The molecule has 0 atom stereocenters. The van der Waals surface area contributed by atoms with Crippen molar-refractivity contribution >= 4 is 11.5 Å². The first-order valence-electron chi connectivity index (χ1n) is 5.59. The fraction of sp³-hybridized carbons (Fsp3) is 0.0833. The molecule has 3 aromatic rings. The lowest BCUT2D eigenvalue weighted by atomic mass is 10.2. The van der Waals surface area contributed by atoms with Gasteiger partial charge in [0.05, 0.1) is 11.3 Å². The van der Waals surface area contributed by atoms with E-state index < -0.39 is 11.7 Å². The second kappa shape index (κ2) is 4.19. The molecule has 20 heavy (non-hydrogen) atoms. The Balaban J connectivity index is 2.09. The van der Waals surface area contributed by atoms with Crippen molar-refractivity contribution in [1.29, 1.82) is 0 Å². The second-order valence-electron chi connectivity index (χ2n) is 4.07. The lowest BCUT2D eigenvalue weighted by molar-refractivity contribution is -0.137. The van der Waals surface area contributed by atoms with Gasteiger partial charge in [-0.2, -0.15) is 22.8 Å². The number of imidazole rings is 1. The molecule has 0 saturated heterocycles. The maximum atomic E-state index is 12.5. The van der Waals surface area contributed by atoms with Crippen LogP contribution in [0.25, 0.3) is 17.0 Å². The molecular formula is C12H8F3N5. The molecule has 0 fully saturated rings. The highest BCUT2D eigenvalue weighted by Gasteiger charge is 2.30. The van der Waals surface area contributed by atoms with Crippen LogP contribution in [0.2, 0.25) is 0 Å². The number of rotatable bonds is 1. The summed E-state index contributed by atoms with van der Waals surface area (Å²) >= 11 is 0. The number of halogens is 3. The summed E-state index contributed by atoms with van der Waals surface area (Å²) in [6, 6.07) is 5.56. The van der Waals surface area contributed by atoms with Crippen LogP contribution in [0.15, 0.2) is 36.7 Å². The number of pyridine rings is 1. The van der Waals surface area contributed by atoms with Crippen molar-refractivity contribution in [2.45, 2.75) is 6.18 Å². The highest BCUT2D eigenvalue weighted by atomic mass is 19.4. The molecule has 8 heteroatoms. The molecule has 2 N–H and O–H groups in total. The van der Waals surface area contributed by atoms with Gasteiger partial charge >= 0.3 is 6.18 Å². The van der Waals surface area contributed by atoms with Crippen LogP contribution in [0.1, 0.15) is 5.56 Å². The van der Waals surface area contributed by atoms with Gasteiger partial charge in [0, 0.05) is 12.4 Å². The number of hydrogen-bond donors (Lipinski definition) is 1. The predicted octanol–water partition coefficient (Wildman–Crippen LogP) is 2.39. The Morgan fingerprint density at radius 2 is 1.95 bits per heavy atom. The minimum absolute atomic E-state index is 0.229. The van der Waals surface area contributed by atoms with E-state index in [1.165, 1.54) is 16.8 Å². The molecule has 0 aliphatic carbocycles. The molecule has 3 aromatic heterocycles. The Hall–Kier alpha value is -2.64. The minimum Gasteiger partial charge on any atom is -0.382 e. The molecule has 0 aliphatic rings. The molecule has 0 saturated carbocycles. The van der Waals surface area contributed by atoms with Crippen LogP contribution in [0.4, 0.5) is 19.0 Å². The van der Waals surface area contributed by atoms with Crippen LogP contribution in [-0.4, -0.2) is 19.6 Å². The third-order valence-electron chi connectivity index (χ3n) is 2.76. The maximum Gasteiger partial charge on any atom is 0.417 e. The maximum absolute atomic E-state index is 12.5. The highest BCUT2D eigenvalue weighted by molar-refractivity contribution is 5.71. The van der Waals surface area contributed by atoms with E-state index in [4.69, 9.17) is 5.73 Å². The Morgan fingerprint density at radius 3 is 2.55 bits per heavy atom. The molecule has 0 spiro atoms. The molecule has 5 nitrogen and oxygen atoms in total. The summed E-state index contributed by atoms with van der Waals surface area (Å²) < 4.78 is 38.8. The molecule has 0 aromatic carbocycles. The van der Waals surface area contributed by atoms with Gasteiger partial charge < -0.3 is 5.73 Å². The fourth-order valence-corrected chi connectivity index (χ4v) is 1.80. The van der Waals surface area contributed by atoms with Gasteiger partial charge in [-0.25, -0.2) is 4.98 Å². The smallest absolute Gasteiger partial charge is 0.382 e. The Morgan fingerprint density at radius 1 is 1.15 bits per heavy atom. The molecular weight excluding hydrogens is 271 g/mol. The predicted molar refractivity (Wildman–Crippen MR) is 65.6 cm³/mol. The van der Waals surface area contributed by atoms with E-state index in [1.54, 1.807) is 12.1 Å². The second-order valence-corrected chi connectivity index (χ2v) is 4.07. The van der Waals surface area contributed by atoms with Crippen LogP contribution in [-0.2, 0) is 6.18 Å². The summed E-state index contributed by atoms with van der Waals surface area (Å²) in [4.78, 5) is 7.97. The van der Waals surface area contributed by atoms with Crippen LogP contribution in [0.3, 0.4) is 0 Å². The molecule has 102 valence electrons. The molecule has 3 rings (SSSR count). The summed E-state index contributed by atoms with van der Waals surface area (Å²) in [5.41, 5.74) is 6.12. The highest BCUT2D eigenvalue weighted by Crippen LogP contribution is 2.30. The minimum atomic E-state index is -4.42. The van der Waals surface area contributed by atoms with Crippen molar-refractivity contribution in [3.8, 4) is 11.4 Å². The fourth-order valence-electron chi connectivity index (χ4n) is 1.80. The monoisotopic (exact) mass is 279 g/mol. The topological polar surface area (TPSA) is 69.1 Å². The van der Waals surface area contributed by atoms with E-state index in [2.05, 4.69) is 15.1 Å². The number of nitrogens with two attached hydrogens (primary N) is 1. The average Bonchev–Trinajstić information content (AvgIpc) is 2.76. The van der Waals surface area contributed by atoms with Gasteiger partial charge in [-0.3, -0.25) is 4.98 Å². The molecule has 0 bridgehead atoms. The van der Waals surface area contributed by atoms with Gasteiger partial charge in [-0.05, 0) is 24.3 Å². The molecule has 3 heterocycles. The normalized spacial score (nSPS) is 11.9. The van der Waals surface area contributed by atoms with Crippen molar-refractivity contribution in [2.75, 3.05) is 5.73 Å². The molecule has 0 amide bonds. The van der Waals surface area contributed by atoms with E-state index in [-0.39, 0.29) is 11.5 Å². The lowest BCUT2D eigenvalue weighted by Crippen LogP contribution is -2.05. The third kappa shape index (κ3) is 1.94. The van der Waals surface area contributed by atoms with Gasteiger partial charge in [-0.1, -0.05) is 0 Å². The number of hydrogen-bond acceptors (Lipinski definition) is 4. The first-order valence-corrected chi connectivity index (χ1v) is 5.59. The van der Waals surface area contributed by atoms with Gasteiger partial charge in [0.2, 0.25) is 0 Å². The standard InChI is InChI=1S/C12H8F3N5/c13-12(14,15)7-3-4-8(17-6-7)10-11(16)20-9(19-10)2-1-5-18-20/h1-6H,16H2. The van der Waals surface area contributed by atoms with E-state index in [0.29, 0.717) is 11.3 Å². The van der Waals surface area contributed by atoms with Gasteiger partial charge in [-0.15, -0.1) is 0 Å². The van der Waals surface area contributed by atoms with E-state index in [1.807, 2.05) is 0 Å². The molecule has 0 aliphatic heterocycles. The van der Waals surface area contributed by atoms with E-state index in [9.17, 15) is 13.2 Å². The van der Waals surface area contributed by atoms with Gasteiger partial charge in [0.1, 0.15) is 5.69 Å². The van der Waals surface area contributed by atoms with Crippen molar-refractivity contribution in [2.24, 2.45) is 0 Å². The quantitative estimate of drug-likeness (QED) is 0.742. The zero-order valence-electron chi connectivity index (χ0n) is 9.96. The zero-order chi connectivity index (χ0) is 14.3. The van der Waals surface area contributed by atoms with Crippen LogP contribution < -0.4 is 5.73 Å². The summed E-state index contributed by atoms with van der Waals surface area (Å²) in [5.74, 6) is 0.229. The number of fused-ring (bicyclic) bond motifs is 1. The van der Waals surface area contributed by atoms with E-state index in [0.717, 1.165) is 12.3 Å². The van der Waals surface area contributed by atoms with Gasteiger partial charge in [0.25, 0.3) is 0 Å². The average molecular weight is 279 g/mol. The zero-order valence-corrected chi connectivity index (χ0v) is 9.96. The summed E-state index contributed by atoms with van der Waals surface area (Å²) in [7, 11) is 0. The van der Waals surface area contributed by atoms with E-state index >= 15 is 0 Å². The number of nitrogens with zero attached hydrogens (tertiary/aromatic N) is 4. The summed E-state index contributed by atoms with van der Waals surface area (Å²) in [6.45, 7) is 0.